The van der Waals surface area contributed by atoms with Crippen LogP contribution >= 0.6 is 38.9 Å². The number of halogens is 2. The second-order valence-corrected chi connectivity index (χ2v) is 11.1. The molecule has 1 aliphatic rings. The molecule has 0 aliphatic carbocycles. The largest absolute Gasteiger partial charge is 0.397 e. The predicted molar refractivity (Wildman–Crippen MR) is 153 cm³/mol. The minimum atomic E-state index is -0.331. The van der Waals surface area contributed by atoms with E-state index in [0.29, 0.717) is 61.5 Å². The molecule has 1 fully saturated rings. The Kier molecular flexibility index (Phi) is 7.48. The average molecular weight is 600 g/mol. The van der Waals surface area contributed by atoms with Gasteiger partial charge in [-0.15, -0.1) is 11.3 Å². The van der Waals surface area contributed by atoms with Crippen LogP contribution in [-0.2, 0) is 4.74 Å². The molecule has 1 atom stereocenters. The van der Waals surface area contributed by atoms with Gasteiger partial charge in [-0.25, -0.2) is 4.98 Å². The van der Waals surface area contributed by atoms with Crippen molar-refractivity contribution in [1.82, 2.24) is 10.3 Å². The summed E-state index contributed by atoms with van der Waals surface area (Å²) < 4.78 is 6.52. The SMILES string of the molecule is Cc1nc2sc(C(=O)NC[C@@H]3CCCO3)c(N)c2c(-c2ccc(Br)cc2)c1C(=O)Nc1ccc(Cl)cc1. The Labute approximate surface area is 231 Å². The summed E-state index contributed by atoms with van der Waals surface area (Å²) in [6.45, 7) is 2.92. The third-order valence-electron chi connectivity index (χ3n) is 6.24. The Hall–Kier alpha value is -2.98. The second-order valence-electron chi connectivity index (χ2n) is 8.79. The van der Waals surface area contributed by atoms with Crippen LogP contribution in [0.4, 0.5) is 11.4 Å². The lowest BCUT2D eigenvalue weighted by molar-refractivity contribution is 0.0861. The van der Waals surface area contributed by atoms with Crippen LogP contribution in [0.1, 0.15) is 38.6 Å². The van der Waals surface area contributed by atoms with Crippen molar-refractivity contribution in [3.8, 4) is 11.1 Å². The Morgan fingerprint density at radius 2 is 1.89 bits per heavy atom. The van der Waals surface area contributed by atoms with Gasteiger partial charge in [0.15, 0.2) is 0 Å². The van der Waals surface area contributed by atoms with Crippen molar-refractivity contribution in [3.63, 3.8) is 0 Å². The normalized spacial score (nSPS) is 15.2. The van der Waals surface area contributed by atoms with Crippen LogP contribution in [0.2, 0.25) is 5.02 Å². The van der Waals surface area contributed by atoms with E-state index in [1.165, 1.54) is 11.3 Å². The van der Waals surface area contributed by atoms with E-state index >= 15 is 0 Å². The first-order valence-corrected chi connectivity index (χ1v) is 13.8. The molecule has 0 unspecified atom stereocenters. The Morgan fingerprint density at radius 1 is 1.16 bits per heavy atom. The molecule has 4 aromatic rings. The summed E-state index contributed by atoms with van der Waals surface area (Å²) in [5.41, 5.74) is 9.85. The van der Waals surface area contributed by atoms with E-state index < -0.39 is 0 Å². The summed E-state index contributed by atoms with van der Waals surface area (Å²) in [7, 11) is 0. The number of aryl methyl sites for hydroxylation is 1. The number of nitrogens with zero attached hydrogens (tertiary/aromatic N) is 1. The lowest BCUT2D eigenvalue weighted by atomic mass is 9.94. The molecule has 37 heavy (non-hydrogen) atoms. The molecule has 5 rings (SSSR count). The van der Waals surface area contributed by atoms with E-state index in [4.69, 9.17) is 27.1 Å². The van der Waals surface area contributed by atoms with Gasteiger partial charge in [0.25, 0.3) is 11.8 Å². The Balaban J connectivity index is 1.60. The highest BCUT2D eigenvalue weighted by Crippen LogP contribution is 2.42. The van der Waals surface area contributed by atoms with E-state index in [0.717, 1.165) is 22.9 Å². The number of carbonyl (C=O) groups excluding carboxylic acids is 2. The number of aromatic nitrogens is 1. The van der Waals surface area contributed by atoms with Crippen LogP contribution in [-0.4, -0.2) is 36.1 Å². The highest BCUT2D eigenvalue weighted by atomic mass is 79.9. The molecule has 10 heteroatoms. The fourth-order valence-electron chi connectivity index (χ4n) is 4.44. The van der Waals surface area contributed by atoms with Crippen molar-refractivity contribution in [3.05, 3.63) is 74.2 Å². The minimum Gasteiger partial charge on any atom is -0.397 e. The maximum absolute atomic E-state index is 13.6. The van der Waals surface area contributed by atoms with Gasteiger partial charge in [0.05, 0.1) is 23.0 Å². The quantitative estimate of drug-likeness (QED) is 0.237. The molecule has 190 valence electrons. The number of carbonyl (C=O) groups is 2. The highest BCUT2D eigenvalue weighted by molar-refractivity contribution is 9.10. The number of rotatable bonds is 6. The fraction of sp³-hybridized carbons (Fsp3) is 0.222. The molecular weight excluding hydrogens is 576 g/mol. The Morgan fingerprint density at radius 3 is 2.57 bits per heavy atom. The molecule has 2 aromatic heterocycles. The number of nitrogens with two attached hydrogens (primary N) is 1. The van der Waals surface area contributed by atoms with Crippen molar-refractivity contribution >= 4 is 72.3 Å². The number of hydrogen-bond acceptors (Lipinski definition) is 6. The minimum absolute atomic E-state index is 0.0152. The number of anilines is 2. The van der Waals surface area contributed by atoms with Gasteiger partial charge in [0, 0.05) is 39.3 Å². The number of nitrogens with one attached hydrogen (secondary N) is 2. The topological polar surface area (TPSA) is 106 Å². The molecule has 0 bridgehead atoms. The average Bonchev–Trinajstić information content (AvgIpc) is 3.51. The molecule has 7 nitrogen and oxygen atoms in total. The van der Waals surface area contributed by atoms with Crippen LogP contribution in [0.25, 0.3) is 21.3 Å². The molecule has 0 spiro atoms. The van der Waals surface area contributed by atoms with E-state index in [2.05, 4.69) is 26.6 Å². The molecule has 2 aromatic carbocycles. The van der Waals surface area contributed by atoms with Crippen molar-refractivity contribution in [2.75, 3.05) is 24.2 Å². The number of pyridine rings is 1. The first kappa shape index (κ1) is 25.7. The van der Waals surface area contributed by atoms with Crippen molar-refractivity contribution in [2.45, 2.75) is 25.9 Å². The van der Waals surface area contributed by atoms with E-state index in [1.54, 1.807) is 31.2 Å². The third-order valence-corrected chi connectivity index (χ3v) is 8.12. The van der Waals surface area contributed by atoms with Crippen LogP contribution in [0.3, 0.4) is 0 Å². The van der Waals surface area contributed by atoms with E-state index in [9.17, 15) is 9.59 Å². The monoisotopic (exact) mass is 598 g/mol. The molecule has 4 N–H and O–H groups in total. The summed E-state index contributed by atoms with van der Waals surface area (Å²) >= 11 is 10.7. The number of fused-ring (bicyclic) bond motifs is 1. The number of amides is 2. The van der Waals surface area contributed by atoms with Gasteiger partial charge in [-0.05, 0) is 61.7 Å². The summed E-state index contributed by atoms with van der Waals surface area (Å²) in [5, 5.41) is 7.03. The first-order chi connectivity index (χ1) is 17.8. The maximum Gasteiger partial charge on any atom is 0.263 e. The van der Waals surface area contributed by atoms with E-state index in [1.807, 2.05) is 24.3 Å². The zero-order valence-corrected chi connectivity index (χ0v) is 23.1. The lowest BCUT2D eigenvalue weighted by Crippen LogP contribution is -2.31. The highest BCUT2D eigenvalue weighted by Gasteiger charge is 2.27. The van der Waals surface area contributed by atoms with Crippen molar-refractivity contribution < 1.29 is 14.3 Å². The standard InChI is InChI=1S/C27H24BrClN4O3S/c1-14-20(25(34)33-18-10-8-17(29)9-11-18)21(15-4-6-16(28)7-5-15)22-23(30)24(37-27(22)32-14)26(35)31-13-19-3-2-12-36-19/h4-11,19H,2-3,12-13,30H2,1H3,(H,31,35)(H,33,34)/t19-/m0/s1. The molecule has 1 aliphatic heterocycles. The first-order valence-electron chi connectivity index (χ1n) is 11.8. The zero-order valence-electron chi connectivity index (χ0n) is 19.9. The third kappa shape index (κ3) is 5.36. The van der Waals surface area contributed by atoms with Gasteiger partial charge in [-0.2, -0.15) is 0 Å². The number of ether oxygens (including phenoxy) is 1. The van der Waals surface area contributed by atoms with Crippen molar-refractivity contribution in [1.29, 1.82) is 0 Å². The molecule has 1 saturated heterocycles. The van der Waals surface area contributed by atoms with Gasteiger partial charge in [0.2, 0.25) is 0 Å². The second kappa shape index (κ2) is 10.8. The number of nitrogen functional groups attached to an aromatic ring is 1. The maximum atomic E-state index is 13.6. The zero-order chi connectivity index (χ0) is 26.1. The smallest absolute Gasteiger partial charge is 0.263 e. The van der Waals surface area contributed by atoms with Crippen molar-refractivity contribution in [2.24, 2.45) is 0 Å². The van der Waals surface area contributed by atoms with Gasteiger partial charge in [-0.3, -0.25) is 9.59 Å². The molecular formula is C27H24BrClN4O3S. The number of thiophene rings is 1. The Bertz CT molecular complexity index is 1480. The fourth-order valence-corrected chi connectivity index (χ4v) is 5.89. The number of benzene rings is 2. The summed E-state index contributed by atoms with van der Waals surface area (Å²) in [6, 6.07) is 14.5. The predicted octanol–water partition coefficient (Wildman–Crippen LogP) is 6.43. The van der Waals surface area contributed by atoms with Gasteiger partial charge in [-0.1, -0.05) is 39.7 Å². The molecule has 3 heterocycles. The van der Waals surface area contributed by atoms with Gasteiger partial charge < -0.3 is 21.1 Å². The molecule has 2 amide bonds. The summed E-state index contributed by atoms with van der Waals surface area (Å²) in [6.07, 6.45) is 1.93. The summed E-state index contributed by atoms with van der Waals surface area (Å²) in [4.78, 5) is 32.4. The van der Waals surface area contributed by atoms with Crippen LogP contribution in [0.15, 0.2) is 53.0 Å². The van der Waals surface area contributed by atoms with Gasteiger partial charge >= 0.3 is 0 Å². The van der Waals surface area contributed by atoms with Crippen LogP contribution in [0.5, 0.6) is 0 Å². The molecule has 0 radical (unpaired) electrons. The van der Waals surface area contributed by atoms with Gasteiger partial charge in [0.1, 0.15) is 9.71 Å². The van der Waals surface area contributed by atoms with Crippen LogP contribution in [0, 0.1) is 6.92 Å². The molecule has 0 saturated carbocycles. The summed E-state index contributed by atoms with van der Waals surface area (Å²) in [5.74, 6) is -0.607. The van der Waals surface area contributed by atoms with Crippen LogP contribution < -0.4 is 16.4 Å². The lowest BCUT2D eigenvalue weighted by Gasteiger charge is -2.15. The van der Waals surface area contributed by atoms with E-state index in [-0.39, 0.29) is 17.9 Å². The number of hydrogen-bond donors (Lipinski definition) is 3.